The summed E-state index contributed by atoms with van der Waals surface area (Å²) in [7, 11) is 0. The summed E-state index contributed by atoms with van der Waals surface area (Å²) in [5.74, 6) is -0.275. The molecular formula is C18H12ClN3O4S. The lowest BCUT2D eigenvalue weighted by Crippen LogP contribution is -2.20. The molecule has 2 N–H and O–H groups in total. The fourth-order valence-corrected chi connectivity index (χ4v) is 3.27. The topological polar surface area (TPSA) is 97.2 Å². The number of hydrogen-bond donors (Lipinski definition) is 2. The molecule has 0 saturated carbocycles. The summed E-state index contributed by atoms with van der Waals surface area (Å²) in [6.07, 6.45) is 0. The number of carbonyl (C=O) groups excluding carboxylic acids is 1. The van der Waals surface area contributed by atoms with Gasteiger partial charge >= 0.3 is 5.76 Å². The van der Waals surface area contributed by atoms with Crippen LogP contribution in [0.5, 0.6) is 5.75 Å². The number of carbonyl (C=O) groups is 1. The van der Waals surface area contributed by atoms with Crippen molar-refractivity contribution in [2.24, 2.45) is 0 Å². The molecule has 0 spiro atoms. The minimum atomic E-state index is -0.505. The maximum absolute atomic E-state index is 12.0. The average Bonchev–Trinajstić information content (AvgIpc) is 3.26. The first kappa shape index (κ1) is 17.3. The van der Waals surface area contributed by atoms with Crippen LogP contribution in [0.25, 0.3) is 22.4 Å². The highest BCUT2D eigenvalue weighted by molar-refractivity contribution is 7.14. The highest BCUT2D eigenvalue weighted by atomic mass is 35.5. The molecule has 0 unspecified atom stereocenters. The third-order valence-corrected chi connectivity index (χ3v) is 4.66. The minimum absolute atomic E-state index is 0.142. The summed E-state index contributed by atoms with van der Waals surface area (Å²) in [6.45, 7) is -0.142. The number of rotatable bonds is 5. The molecule has 0 aliphatic carbocycles. The molecule has 7 nitrogen and oxygen atoms in total. The van der Waals surface area contributed by atoms with E-state index in [1.165, 1.54) is 11.3 Å². The van der Waals surface area contributed by atoms with Crippen molar-refractivity contribution in [3.05, 3.63) is 63.4 Å². The van der Waals surface area contributed by atoms with Crippen LogP contribution in [0.15, 0.2) is 57.1 Å². The number of amides is 1. The normalized spacial score (nSPS) is 10.9. The highest BCUT2D eigenvalue weighted by Crippen LogP contribution is 2.27. The van der Waals surface area contributed by atoms with Gasteiger partial charge in [0.1, 0.15) is 5.75 Å². The van der Waals surface area contributed by atoms with Gasteiger partial charge in [0.15, 0.2) is 17.3 Å². The van der Waals surface area contributed by atoms with Gasteiger partial charge in [0.25, 0.3) is 5.91 Å². The molecular weight excluding hydrogens is 390 g/mol. The van der Waals surface area contributed by atoms with Crippen LogP contribution >= 0.6 is 22.9 Å². The van der Waals surface area contributed by atoms with Crippen LogP contribution in [-0.2, 0) is 4.79 Å². The first-order valence-corrected chi connectivity index (χ1v) is 9.09. The third kappa shape index (κ3) is 4.02. The SMILES string of the molecule is O=C(COc1ccc(Cl)cc1)Nc1nc(-c2ccc3[nH]c(=O)oc3c2)cs1. The predicted octanol–water partition coefficient (Wildman–Crippen LogP) is 3.92. The van der Waals surface area contributed by atoms with Crippen LogP contribution in [0.3, 0.4) is 0 Å². The highest BCUT2D eigenvalue weighted by Gasteiger charge is 2.10. The standard InChI is InChI=1S/C18H12ClN3O4S/c19-11-2-4-12(5-3-11)25-8-16(23)22-17-20-14(9-27-17)10-1-6-13-15(7-10)26-18(24)21-13/h1-7,9H,8H2,(H,21,24)(H,20,22,23). The first-order valence-electron chi connectivity index (χ1n) is 7.84. The van der Waals surface area contributed by atoms with Crippen LogP contribution in [0.4, 0.5) is 5.13 Å². The van der Waals surface area contributed by atoms with E-state index in [0.29, 0.717) is 32.7 Å². The maximum atomic E-state index is 12.0. The Morgan fingerprint density at radius 3 is 2.89 bits per heavy atom. The first-order chi connectivity index (χ1) is 13.1. The molecule has 2 heterocycles. The lowest BCUT2D eigenvalue weighted by molar-refractivity contribution is -0.118. The van der Waals surface area contributed by atoms with E-state index in [2.05, 4.69) is 15.3 Å². The fourth-order valence-electron chi connectivity index (χ4n) is 2.40. The van der Waals surface area contributed by atoms with Crippen LogP contribution < -0.4 is 15.8 Å². The van der Waals surface area contributed by atoms with E-state index in [4.69, 9.17) is 20.8 Å². The number of hydrogen-bond acceptors (Lipinski definition) is 6. The molecule has 1 amide bonds. The largest absolute Gasteiger partial charge is 0.484 e. The molecule has 0 aliphatic rings. The average molecular weight is 402 g/mol. The van der Waals surface area contributed by atoms with Crippen molar-refractivity contribution in [3.63, 3.8) is 0 Å². The van der Waals surface area contributed by atoms with Crippen LogP contribution in [0.1, 0.15) is 0 Å². The number of anilines is 1. The van der Waals surface area contributed by atoms with Gasteiger partial charge in [0, 0.05) is 16.0 Å². The molecule has 2 aromatic heterocycles. The molecule has 0 fully saturated rings. The van der Waals surface area contributed by atoms with Gasteiger partial charge < -0.3 is 9.15 Å². The van der Waals surface area contributed by atoms with Crippen molar-refractivity contribution < 1.29 is 13.9 Å². The summed E-state index contributed by atoms with van der Waals surface area (Å²) in [6, 6.07) is 12.0. The zero-order valence-electron chi connectivity index (χ0n) is 13.7. The molecule has 0 atom stereocenters. The third-order valence-electron chi connectivity index (χ3n) is 3.65. The maximum Gasteiger partial charge on any atom is 0.417 e. The number of thiazole rings is 1. The Balaban J connectivity index is 1.41. The molecule has 9 heteroatoms. The number of ether oxygens (including phenoxy) is 1. The molecule has 4 aromatic rings. The Labute approximate surface area is 161 Å². The van der Waals surface area contributed by atoms with E-state index < -0.39 is 5.76 Å². The van der Waals surface area contributed by atoms with Gasteiger partial charge in [-0.1, -0.05) is 17.7 Å². The van der Waals surface area contributed by atoms with Gasteiger partial charge in [-0.15, -0.1) is 11.3 Å². The monoisotopic (exact) mass is 401 g/mol. The number of aromatic nitrogens is 2. The van der Waals surface area contributed by atoms with Crippen LogP contribution in [-0.4, -0.2) is 22.5 Å². The molecule has 2 aromatic carbocycles. The summed E-state index contributed by atoms with van der Waals surface area (Å²) in [4.78, 5) is 30.2. The van der Waals surface area contributed by atoms with Gasteiger partial charge in [0.2, 0.25) is 0 Å². The van der Waals surface area contributed by atoms with Crippen LogP contribution in [0.2, 0.25) is 5.02 Å². The summed E-state index contributed by atoms with van der Waals surface area (Å²) in [5, 5.41) is 5.55. The van der Waals surface area contributed by atoms with Gasteiger partial charge in [-0.25, -0.2) is 9.78 Å². The Bertz CT molecular complexity index is 1160. The fraction of sp³-hybridized carbons (Fsp3) is 0.0556. The molecule has 136 valence electrons. The van der Waals surface area contributed by atoms with E-state index in [1.807, 2.05) is 11.4 Å². The van der Waals surface area contributed by atoms with Gasteiger partial charge in [-0.3, -0.25) is 15.1 Å². The van der Waals surface area contributed by atoms with Crippen LogP contribution in [0, 0.1) is 0 Å². The number of H-pyrrole nitrogens is 1. The molecule has 27 heavy (non-hydrogen) atoms. The van der Waals surface area contributed by atoms with E-state index in [-0.39, 0.29) is 12.5 Å². The summed E-state index contributed by atoms with van der Waals surface area (Å²) in [5.41, 5.74) is 2.51. The Morgan fingerprint density at radius 1 is 1.26 bits per heavy atom. The van der Waals surface area contributed by atoms with Gasteiger partial charge in [-0.05, 0) is 36.4 Å². The molecule has 0 aliphatic heterocycles. The zero-order chi connectivity index (χ0) is 18.8. The molecule has 0 saturated heterocycles. The van der Waals surface area contributed by atoms with Crippen molar-refractivity contribution in [1.29, 1.82) is 0 Å². The number of fused-ring (bicyclic) bond motifs is 1. The predicted molar refractivity (Wildman–Crippen MR) is 104 cm³/mol. The number of nitrogens with one attached hydrogen (secondary N) is 2. The van der Waals surface area contributed by atoms with Crippen molar-refractivity contribution in [3.8, 4) is 17.0 Å². The van der Waals surface area contributed by atoms with Crippen molar-refractivity contribution in [1.82, 2.24) is 9.97 Å². The summed E-state index contributed by atoms with van der Waals surface area (Å²) >= 11 is 7.09. The molecule has 0 radical (unpaired) electrons. The van der Waals surface area contributed by atoms with E-state index in [0.717, 1.165) is 5.56 Å². The lowest BCUT2D eigenvalue weighted by atomic mass is 10.1. The van der Waals surface area contributed by atoms with Crippen molar-refractivity contribution >= 4 is 45.1 Å². The summed E-state index contributed by atoms with van der Waals surface area (Å²) < 4.78 is 10.5. The quantitative estimate of drug-likeness (QED) is 0.528. The van der Waals surface area contributed by atoms with E-state index >= 15 is 0 Å². The molecule has 4 rings (SSSR count). The van der Waals surface area contributed by atoms with E-state index in [1.54, 1.807) is 36.4 Å². The number of oxazole rings is 1. The van der Waals surface area contributed by atoms with Crippen molar-refractivity contribution in [2.45, 2.75) is 0 Å². The smallest absolute Gasteiger partial charge is 0.417 e. The number of nitrogens with zero attached hydrogens (tertiary/aromatic N) is 1. The number of halogens is 1. The zero-order valence-corrected chi connectivity index (χ0v) is 15.3. The number of benzene rings is 2. The second kappa shape index (κ2) is 7.26. The Hall–Kier alpha value is -3.10. The van der Waals surface area contributed by atoms with Gasteiger partial charge in [0.05, 0.1) is 11.2 Å². The number of aromatic amines is 1. The Kier molecular flexibility index (Phi) is 4.66. The minimum Gasteiger partial charge on any atom is -0.484 e. The van der Waals surface area contributed by atoms with Gasteiger partial charge in [-0.2, -0.15) is 0 Å². The lowest BCUT2D eigenvalue weighted by Gasteiger charge is -2.05. The Morgan fingerprint density at radius 2 is 2.07 bits per heavy atom. The molecule has 0 bridgehead atoms. The van der Waals surface area contributed by atoms with E-state index in [9.17, 15) is 9.59 Å². The second-order valence-electron chi connectivity index (χ2n) is 5.55. The second-order valence-corrected chi connectivity index (χ2v) is 6.85. The van der Waals surface area contributed by atoms with Crippen molar-refractivity contribution in [2.75, 3.05) is 11.9 Å².